The zero-order valence-electron chi connectivity index (χ0n) is 10.0. The Morgan fingerprint density at radius 2 is 1.84 bits per heavy atom. The molecule has 0 spiro atoms. The predicted octanol–water partition coefficient (Wildman–Crippen LogP) is 5.12. The molecule has 0 aliphatic rings. The average Bonchev–Trinajstić information content (AvgIpc) is 2.36. The number of aliphatic imine (C=N–C) groups is 1. The van der Waals surface area contributed by atoms with Crippen LogP contribution in [0.3, 0.4) is 0 Å². The number of hydrogen-bond donors (Lipinski definition) is 1. The molecule has 0 heterocycles. The van der Waals surface area contributed by atoms with Gasteiger partial charge < -0.3 is 5.73 Å². The van der Waals surface area contributed by atoms with Crippen molar-refractivity contribution < 1.29 is 0 Å². The summed E-state index contributed by atoms with van der Waals surface area (Å²) in [5, 5.41) is 0. The van der Waals surface area contributed by atoms with Gasteiger partial charge in [0.05, 0.1) is 12.0 Å². The van der Waals surface area contributed by atoms with Crippen molar-refractivity contribution in [2.24, 2.45) is 10.7 Å². The highest BCUT2D eigenvalue weighted by Crippen LogP contribution is 2.28. The molecule has 0 bridgehead atoms. The highest BCUT2D eigenvalue weighted by Gasteiger charge is 2.00. The number of nitrogens with zero attached hydrogens (tertiary/aromatic N) is 1. The van der Waals surface area contributed by atoms with Crippen LogP contribution in [0.5, 0.6) is 0 Å². The molecule has 0 aliphatic heterocycles. The molecule has 5 heteroatoms. The number of halogens is 2. The zero-order chi connectivity index (χ0) is 13.7. The van der Waals surface area contributed by atoms with Crippen LogP contribution in [-0.4, -0.2) is 6.34 Å². The first-order valence-corrected chi connectivity index (χ1v) is 8.16. The summed E-state index contributed by atoms with van der Waals surface area (Å²) in [6.45, 7) is 0. The number of nitrogens with two attached hydrogens (primary N) is 1. The van der Waals surface area contributed by atoms with E-state index in [2.05, 4.69) is 55.1 Å². The molecule has 0 atom stereocenters. The van der Waals surface area contributed by atoms with Crippen LogP contribution in [-0.2, 0) is 5.75 Å². The number of rotatable bonds is 4. The fourth-order valence-electron chi connectivity index (χ4n) is 1.60. The summed E-state index contributed by atoms with van der Waals surface area (Å²) in [5.41, 5.74) is 7.44. The smallest absolute Gasteiger partial charge is 0.0860 e. The predicted molar refractivity (Wildman–Crippen MR) is 90.2 cm³/mol. The van der Waals surface area contributed by atoms with Gasteiger partial charge in [0.1, 0.15) is 0 Å². The van der Waals surface area contributed by atoms with E-state index in [1.807, 2.05) is 24.3 Å². The minimum absolute atomic E-state index is 0.878. The van der Waals surface area contributed by atoms with E-state index in [0.717, 1.165) is 20.4 Å². The van der Waals surface area contributed by atoms with Crippen molar-refractivity contribution in [1.82, 2.24) is 0 Å². The van der Waals surface area contributed by atoms with Gasteiger partial charge in [0.15, 0.2) is 0 Å². The third kappa shape index (κ3) is 4.67. The molecule has 0 radical (unpaired) electrons. The maximum absolute atomic E-state index is 5.30. The van der Waals surface area contributed by atoms with E-state index < -0.39 is 0 Å². The van der Waals surface area contributed by atoms with Gasteiger partial charge in [-0.2, -0.15) is 0 Å². The molecule has 0 saturated heterocycles. The van der Waals surface area contributed by atoms with Gasteiger partial charge >= 0.3 is 0 Å². The van der Waals surface area contributed by atoms with Gasteiger partial charge in [-0.3, -0.25) is 0 Å². The Morgan fingerprint density at radius 3 is 2.53 bits per heavy atom. The van der Waals surface area contributed by atoms with Crippen LogP contribution in [0, 0.1) is 0 Å². The monoisotopic (exact) mass is 398 g/mol. The number of hydrogen-bond acceptors (Lipinski definition) is 2. The van der Waals surface area contributed by atoms with E-state index in [1.165, 1.54) is 16.8 Å². The van der Waals surface area contributed by atoms with Crippen LogP contribution >= 0.6 is 43.6 Å². The van der Waals surface area contributed by atoms with Crippen molar-refractivity contribution in [3.8, 4) is 0 Å². The molecule has 2 N–H and O–H groups in total. The molecular weight excluding hydrogens is 388 g/mol. The van der Waals surface area contributed by atoms with Crippen LogP contribution in [0.4, 0.5) is 5.69 Å². The van der Waals surface area contributed by atoms with Crippen molar-refractivity contribution in [2.45, 2.75) is 10.6 Å². The van der Waals surface area contributed by atoms with E-state index in [4.69, 9.17) is 5.73 Å². The molecule has 0 aromatic heterocycles. The van der Waals surface area contributed by atoms with Crippen LogP contribution in [0.15, 0.2) is 61.3 Å². The minimum atomic E-state index is 0.878. The molecule has 2 aromatic carbocycles. The summed E-state index contributed by atoms with van der Waals surface area (Å²) in [6, 6.07) is 14.3. The third-order valence-corrected chi connectivity index (χ3v) is 4.35. The Bertz CT molecular complexity index is 579. The maximum Gasteiger partial charge on any atom is 0.0860 e. The molecule has 0 amide bonds. The second-order valence-electron chi connectivity index (χ2n) is 3.84. The van der Waals surface area contributed by atoms with Gasteiger partial charge in [-0.1, -0.05) is 37.9 Å². The minimum Gasteiger partial charge on any atom is -0.390 e. The summed E-state index contributed by atoms with van der Waals surface area (Å²) in [4.78, 5) is 5.25. The Labute approximate surface area is 133 Å². The van der Waals surface area contributed by atoms with Crippen molar-refractivity contribution >= 4 is 55.6 Å². The number of benzene rings is 2. The first-order valence-electron chi connectivity index (χ1n) is 5.59. The quantitative estimate of drug-likeness (QED) is 0.440. The fraction of sp³-hybridized carbons (Fsp3) is 0.0714. The highest BCUT2D eigenvalue weighted by molar-refractivity contribution is 9.11. The van der Waals surface area contributed by atoms with E-state index in [-0.39, 0.29) is 0 Å². The molecule has 2 rings (SSSR count). The van der Waals surface area contributed by atoms with Gasteiger partial charge in [0.2, 0.25) is 0 Å². The van der Waals surface area contributed by atoms with E-state index in [9.17, 15) is 0 Å². The first-order chi connectivity index (χ1) is 9.17. The van der Waals surface area contributed by atoms with E-state index in [0.29, 0.717) is 0 Å². The second-order valence-corrected chi connectivity index (χ2v) is 6.72. The lowest BCUT2D eigenvalue weighted by molar-refractivity contribution is 1.35. The Kier molecular flexibility index (Phi) is 5.48. The van der Waals surface area contributed by atoms with Gasteiger partial charge in [0.25, 0.3) is 0 Å². The Morgan fingerprint density at radius 1 is 1.11 bits per heavy atom. The Balaban J connectivity index is 2.07. The van der Waals surface area contributed by atoms with Crippen LogP contribution in [0.25, 0.3) is 0 Å². The van der Waals surface area contributed by atoms with Gasteiger partial charge in [0, 0.05) is 19.6 Å². The highest BCUT2D eigenvalue weighted by atomic mass is 79.9. The molecule has 0 saturated carbocycles. The average molecular weight is 400 g/mol. The molecule has 19 heavy (non-hydrogen) atoms. The molecular formula is C14H12Br2N2S. The Hall–Kier alpha value is -0.780. The normalized spacial score (nSPS) is 11.1. The van der Waals surface area contributed by atoms with Crippen LogP contribution in [0.1, 0.15) is 5.56 Å². The fourth-order valence-corrected chi connectivity index (χ4v) is 3.87. The molecule has 2 nitrogen and oxygen atoms in total. The van der Waals surface area contributed by atoms with Gasteiger partial charge in [-0.05, 0) is 42.0 Å². The topological polar surface area (TPSA) is 38.4 Å². The summed E-state index contributed by atoms with van der Waals surface area (Å²) in [7, 11) is 0. The first kappa shape index (κ1) is 14.6. The second kappa shape index (κ2) is 7.12. The van der Waals surface area contributed by atoms with Crippen LogP contribution < -0.4 is 5.73 Å². The summed E-state index contributed by atoms with van der Waals surface area (Å²) >= 11 is 8.77. The van der Waals surface area contributed by atoms with Crippen molar-refractivity contribution in [3.63, 3.8) is 0 Å². The lowest BCUT2D eigenvalue weighted by atomic mass is 10.2. The zero-order valence-corrected chi connectivity index (χ0v) is 14.0. The van der Waals surface area contributed by atoms with Crippen LogP contribution in [0.2, 0.25) is 0 Å². The molecule has 0 fully saturated rings. The maximum atomic E-state index is 5.30. The molecule has 0 aliphatic carbocycles. The standard InChI is InChI=1S/C14H12Br2N2S/c15-11-4-10(5-12(16)6-11)8-19-14-3-1-2-13(7-14)18-9-17/h1-7,9H,8H2,(H2,17,18). The SMILES string of the molecule is NC=Nc1cccc(SCc2cc(Br)cc(Br)c2)c1. The van der Waals surface area contributed by atoms with E-state index >= 15 is 0 Å². The number of thioether (sulfide) groups is 1. The van der Waals surface area contributed by atoms with Crippen molar-refractivity contribution in [1.29, 1.82) is 0 Å². The van der Waals surface area contributed by atoms with Crippen molar-refractivity contribution in [2.75, 3.05) is 0 Å². The third-order valence-electron chi connectivity index (χ3n) is 2.37. The molecule has 98 valence electrons. The van der Waals surface area contributed by atoms with Gasteiger partial charge in [-0.15, -0.1) is 11.8 Å². The summed E-state index contributed by atoms with van der Waals surface area (Å²) < 4.78 is 2.16. The van der Waals surface area contributed by atoms with Crippen molar-refractivity contribution in [3.05, 3.63) is 57.0 Å². The molecule has 2 aromatic rings. The van der Waals surface area contributed by atoms with Gasteiger partial charge in [-0.25, -0.2) is 4.99 Å². The molecule has 0 unspecified atom stereocenters. The largest absolute Gasteiger partial charge is 0.390 e. The lowest BCUT2D eigenvalue weighted by Crippen LogP contribution is -1.86. The summed E-state index contributed by atoms with van der Waals surface area (Å²) in [6.07, 6.45) is 1.31. The lowest BCUT2D eigenvalue weighted by Gasteiger charge is -2.04. The summed E-state index contributed by atoms with van der Waals surface area (Å²) in [5.74, 6) is 0.911. The van der Waals surface area contributed by atoms with E-state index in [1.54, 1.807) is 11.8 Å².